The van der Waals surface area contributed by atoms with E-state index >= 15 is 0 Å². The molecule has 2 aliphatic heterocycles. The van der Waals surface area contributed by atoms with Gasteiger partial charge in [0.1, 0.15) is 17.6 Å². The maximum Gasteiger partial charge on any atom is 0.125 e. The van der Waals surface area contributed by atoms with Crippen LogP contribution >= 0.6 is 11.8 Å². The summed E-state index contributed by atoms with van der Waals surface area (Å²) in [5, 5.41) is 3.82. The van der Waals surface area contributed by atoms with E-state index in [1.807, 2.05) is 11.8 Å². The van der Waals surface area contributed by atoms with Gasteiger partial charge in [-0.2, -0.15) is 0 Å². The molecule has 1 N–H and O–H groups in total. The van der Waals surface area contributed by atoms with Crippen molar-refractivity contribution in [2.45, 2.75) is 24.8 Å². The number of nitrogens with one attached hydrogen (secondary N) is 1. The second kappa shape index (κ2) is 4.42. The lowest BCUT2D eigenvalue weighted by atomic mass is 10.1. The van der Waals surface area contributed by atoms with E-state index in [9.17, 15) is 0 Å². The maximum atomic E-state index is 5.81. The minimum atomic E-state index is 0.286. The molecule has 1 saturated heterocycles. The molecule has 2 atom stereocenters. The molecule has 2 unspecified atom stereocenters. The first kappa shape index (κ1) is 11.2. The molecule has 1 aromatic rings. The van der Waals surface area contributed by atoms with Crippen LogP contribution in [0.4, 0.5) is 0 Å². The van der Waals surface area contributed by atoms with Gasteiger partial charge in [-0.05, 0) is 19.1 Å². The van der Waals surface area contributed by atoms with E-state index in [2.05, 4.69) is 24.4 Å². The Morgan fingerprint density at radius 1 is 1.47 bits per heavy atom. The monoisotopic (exact) mass is 251 g/mol. The smallest absolute Gasteiger partial charge is 0.125 e. The highest BCUT2D eigenvalue weighted by molar-refractivity contribution is 7.99. The number of thioether (sulfide) groups is 1. The van der Waals surface area contributed by atoms with E-state index in [1.54, 1.807) is 7.11 Å². The molecule has 1 aromatic carbocycles. The van der Waals surface area contributed by atoms with E-state index in [0.29, 0.717) is 5.37 Å². The van der Waals surface area contributed by atoms with Crippen LogP contribution in [0.5, 0.6) is 11.5 Å². The van der Waals surface area contributed by atoms with Crippen LogP contribution in [0, 0.1) is 0 Å². The van der Waals surface area contributed by atoms with Crippen molar-refractivity contribution in [3.05, 3.63) is 23.3 Å². The molecular weight excluding hydrogens is 234 g/mol. The van der Waals surface area contributed by atoms with Crippen molar-refractivity contribution in [2.24, 2.45) is 0 Å². The van der Waals surface area contributed by atoms with Gasteiger partial charge >= 0.3 is 0 Å². The Kier molecular flexibility index (Phi) is 2.92. The fourth-order valence-electron chi connectivity index (χ4n) is 2.46. The van der Waals surface area contributed by atoms with Gasteiger partial charge < -0.3 is 14.8 Å². The molecule has 0 aromatic heterocycles. The largest absolute Gasteiger partial charge is 0.496 e. The quantitative estimate of drug-likeness (QED) is 0.874. The molecule has 4 heteroatoms. The Morgan fingerprint density at radius 2 is 2.35 bits per heavy atom. The van der Waals surface area contributed by atoms with Crippen LogP contribution in [-0.2, 0) is 6.42 Å². The minimum Gasteiger partial charge on any atom is -0.496 e. The van der Waals surface area contributed by atoms with Crippen LogP contribution < -0.4 is 14.8 Å². The summed E-state index contributed by atoms with van der Waals surface area (Å²) >= 11 is 1.92. The van der Waals surface area contributed by atoms with Crippen molar-refractivity contribution >= 4 is 11.8 Å². The molecule has 2 aliphatic rings. The van der Waals surface area contributed by atoms with Gasteiger partial charge in [0, 0.05) is 29.8 Å². The van der Waals surface area contributed by atoms with Crippen molar-refractivity contribution in [3.63, 3.8) is 0 Å². The topological polar surface area (TPSA) is 30.5 Å². The zero-order valence-corrected chi connectivity index (χ0v) is 11.0. The molecule has 0 saturated carbocycles. The molecule has 0 radical (unpaired) electrons. The van der Waals surface area contributed by atoms with Crippen LogP contribution in [0.3, 0.4) is 0 Å². The van der Waals surface area contributed by atoms with Gasteiger partial charge in [-0.3, -0.25) is 0 Å². The predicted molar refractivity (Wildman–Crippen MR) is 70.0 cm³/mol. The SMILES string of the molecule is COc1cc2c(cc1C1NCCS1)OC(C)C2. The highest BCUT2D eigenvalue weighted by atomic mass is 32.2. The molecule has 17 heavy (non-hydrogen) atoms. The van der Waals surface area contributed by atoms with Gasteiger partial charge in [0.05, 0.1) is 12.5 Å². The standard InChI is InChI=1S/C13H17NO2S/c1-8-5-9-6-12(15-2)10(7-11(9)16-8)13-14-3-4-17-13/h6-8,13-14H,3-5H2,1-2H3. The Morgan fingerprint density at radius 3 is 3.06 bits per heavy atom. The lowest BCUT2D eigenvalue weighted by Gasteiger charge is -2.16. The van der Waals surface area contributed by atoms with Gasteiger partial charge in [-0.25, -0.2) is 0 Å². The Balaban J connectivity index is 1.99. The summed E-state index contributed by atoms with van der Waals surface area (Å²) < 4.78 is 11.3. The Bertz CT molecular complexity index is 430. The number of ether oxygens (including phenoxy) is 2. The van der Waals surface area contributed by atoms with E-state index in [1.165, 1.54) is 11.1 Å². The number of hydrogen-bond acceptors (Lipinski definition) is 4. The summed E-state index contributed by atoms with van der Waals surface area (Å²) in [5.74, 6) is 3.17. The van der Waals surface area contributed by atoms with E-state index in [4.69, 9.17) is 9.47 Å². The summed E-state index contributed by atoms with van der Waals surface area (Å²) in [4.78, 5) is 0. The first-order chi connectivity index (χ1) is 8.28. The highest BCUT2D eigenvalue weighted by Gasteiger charge is 2.26. The van der Waals surface area contributed by atoms with Gasteiger partial charge in [-0.15, -0.1) is 11.8 Å². The summed E-state index contributed by atoms with van der Waals surface area (Å²) in [6.45, 7) is 3.17. The molecule has 0 bridgehead atoms. The van der Waals surface area contributed by atoms with E-state index in [0.717, 1.165) is 30.2 Å². The number of benzene rings is 1. The average Bonchev–Trinajstić information content (AvgIpc) is 2.93. The molecule has 3 nitrogen and oxygen atoms in total. The van der Waals surface area contributed by atoms with Gasteiger partial charge in [-0.1, -0.05) is 0 Å². The molecule has 2 heterocycles. The number of rotatable bonds is 2. The Labute approximate surface area is 106 Å². The number of fused-ring (bicyclic) bond motifs is 1. The molecule has 3 rings (SSSR count). The zero-order valence-electron chi connectivity index (χ0n) is 10.2. The highest BCUT2D eigenvalue weighted by Crippen LogP contribution is 2.41. The zero-order chi connectivity index (χ0) is 11.8. The van der Waals surface area contributed by atoms with Gasteiger partial charge in [0.15, 0.2) is 0 Å². The van der Waals surface area contributed by atoms with Crippen LogP contribution in [0.25, 0.3) is 0 Å². The van der Waals surface area contributed by atoms with Crippen molar-refractivity contribution < 1.29 is 9.47 Å². The van der Waals surface area contributed by atoms with Crippen molar-refractivity contribution in [1.29, 1.82) is 0 Å². The summed E-state index contributed by atoms with van der Waals surface area (Å²) in [6.07, 6.45) is 1.27. The van der Waals surface area contributed by atoms with Crippen LogP contribution in [0.15, 0.2) is 12.1 Å². The van der Waals surface area contributed by atoms with Gasteiger partial charge in [0.2, 0.25) is 0 Å². The summed E-state index contributed by atoms with van der Waals surface area (Å²) in [5.41, 5.74) is 2.48. The van der Waals surface area contributed by atoms with E-state index in [-0.39, 0.29) is 6.10 Å². The molecule has 0 spiro atoms. The molecule has 0 aliphatic carbocycles. The first-order valence-corrected chi connectivity index (χ1v) is 7.05. The molecular formula is C13H17NO2S. The lowest BCUT2D eigenvalue weighted by Crippen LogP contribution is -2.13. The van der Waals surface area contributed by atoms with Crippen molar-refractivity contribution in [2.75, 3.05) is 19.4 Å². The molecule has 92 valence electrons. The second-order valence-electron chi connectivity index (χ2n) is 4.54. The fourth-order valence-corrected chi connectivity index (χ4v) is 3.53. The fraction of sp³-hybridized carbons (Fsp3) is 0.538. The van der Waals surface area contributed by atoms with Crippen LogP contribution in [0.1, 0.15) is 23.4 Å². The second-order valence-corrected chi connectivity index (χ2v) is 5.75. The predicted octanol–water partition coefficient (Wildman–Crippen LogP) is 2.35. The van der Waals surface area contributed by atoms with Crippen LogP contribution in [0.2, 0.25) is 0 Å². The van der Waals surface area contributed by atoms with Crippen LogP contribution in [-0.4, -0.2) is 25.5 Å². The van der Waals surface area contributed by atoms with Crippen molar-refractivity contribution in [3.8, 4) is 11.5 Å². The number of hydrogen-bond donors (Lipinski definition) is 1. The lowest BCUT2D eigenvalue weighted by molar-refractivity contribution is 0.254. The third kappa shape index (κ3) is 2.00. The summed E-state index contributed by atoms with van der Waals surface area (Å²) in [7, 11) is 1.74. The molecule has 1 fully saturated rings. The third-order valence-electron chi connectivity index (χ3n) is 3.25. The average molecular weight is 251 g/mol. The van der Waals surface area contributed by atoms with Gasteiger partial charge in [0.25, 0.3) is 0 Å². The summed E-state index contributed by atoms with van der Waals surface area (Å²) in [6, 6.07) is 4.28. The Hall–Kier alpha value is -0.870. The number of methoxy groups -OCH3 is 1. The van der Waals surface area contributed by atoms with Crippen molar-refractivity contribution in [1.82, 2.24) is 5.32 Å². The molecule has 0 amide bonds. The minimum absolute atomic E-state index is 0.286. The third-order valence-corrected chi connectivity index (χ3v) is 4.44. The normalized spacial score (nSPS) is 26.7. The van der Waals surface area contributed by atoms with E-state index < -0.39 is 0 Å². The maximum absolute atomic E-state index is 5.81. The first-order valence-electron chi connectivity index (χ1n) is 6.00.